The van der Waals surface area contributed by atoms with Crippen LogP contribution in [-0.2, 0) is 6.42 Å². The summed E-state index contributed by atoms with van der Waals surface area (Å²) >= 11 is 0. The van der Waals surface area contributed by atoms with Crippen LogP contribution in [0.15, 0.2) is 24.3 Å². The van der Waals surface area contributed by atoms with Gasteiger partial charge in [0.05, 0.1) is 13.7 Å². The zero-order valence-electron chi connectivity index (χ0n) is 8.66. The van der Waals surface area contributed by atoms with Crippen molar-refractivity contribution in [1.82, 2.24) is 5.32 Å². The Labute approximate surface area is 84.7 Å². The second-order valence-corrected chi connectivity index (χ2v) is 3.22. The molecule has 0 saturated carbocycles. The van der Waals surface area contributed by atoms with Crippen molar-refractivity contribution in [1.29, 1.82) is 0 Å². The highest BCUT2D eigenvalue weighted by Gasteiger charge is 2.04. The lowest BCUT2D eigenvalue weighted by Crippen LogP contribution is -2.31. The van der Waals surface area contributed by atoms with Gasteiger partial charge in [-0.3, -0.25) is 0 Å². The molecule has 0 amide bonds. The van der Waals surface area contributed by atoms with Gasteiger partial charge in [0.25, 0.3) is 0 Å². The molecule has 0 fully saturated rings. The molecule has 14 heavy (non-hydrogen) atoms. The van der Waals surface area contributed by atoms with Gasteiger partial charge in [0.2, 0.25) is 0 Å². The lowest BCUT2D eigenvalue weighted by atomic mass is 10.1. The van der Waals surface area contributed by atoms with E-state index in [1.165, 1.54) is 5.56 Å². The maximum absolute atomic E-state index is 9.00. The monoisotopic (exact) mass is 195 g/mol. The van der Waals surface area contributed by atoms with Crippen molar-refractivity contribution < 1.29 is 9.84 Å². The molecule has 1 aromatic rings. The maximum atomic E-state index is 9.00. The number of rotatable bonds is 5. The van der Waals surface area contributed by atoms with E-state index in [0.29, 0.717) is 0 Å². The molecule has 3 heteroatoms. The number of hydrogen-bond donors (Lipinski definition) is 2. The molecule has 0 radical (unpaired) electrons. The van der Waals surface area contributed by atoms with Crippen LogP contribution in [0.25, 0.3) is 0 Å². The van der Waals surface area contributed by atoms with Crippen LogP contribution >= 0.6 is 0 Å². The molecular formula is C11H17NO2. The van der Waals surface area contributed by atoms with Gasteiger partial charge < -0.3 is 15.2 Å². The van der Waals surface area contributed by atoms with Crippen LogP contribution in [0.4, 0.5) is 0 Å². The molecule has 0 aliphatic heterocycles. The van der Waals surface area contributed by atoms with E-state index in [1.54, 1.807) is 7.11 Å². The van der Waals surface area contributed by atoms with Crippen molar-refractivity contribution in [2.24, 2.45) is 0 Å². The standard InChI is InChI=1S/C11H17NO2/c1-12-10(8-13)7-9-3-5-11(14-2)6-4-9/h3-6,10,12-13H,7-8H2,1-2H3. The fourth-order valence-corrected chi connectivity index (χ4v) is 1.30. The van der Waals surface area contributed by atoms with E-state index in [0.717, 1.165) is 12.2 Å². The molecule has 0 bridgehead atoms. The minimum Gasteiger partial charge on any atom is -0.497 e. The Morgan fingerprint density at radius 3 is 2.43 bits per heavy atom. The summed E-state index contributed by atoms with van der Waals surface area (Å²) in [6, 6.07) is 8.01. The van der Waals surface area contributed by atoms with Crippen LogP contribution in [-0.4, -0.2) is 31.9 Å². The van der Waals surface area contributed by atoms with Gasteiger partial charge in [-0.15, -0.1) is 0 Å². The minimum atomic E-state index is 0.128. The third-order valence-electron chi connectivity index (χ3n) is 2.27. The summed E-state index contributed by atoms with van der Waals surface area (Å²) in [5.74, 6) is 0.860. The summed E-state index contributed by atoms with van der Waals surface area (Å²) in [6.45, 7) is 0.155. The zero-order chi connectivity index (χ0) is 10.4. The number of nitrogens with one attached hydrogen (secondary N) is 1. The number of methoxy groups -OCH3 is 1. The Balaban J connectivity index is 2.58. The van der Waals surface area contributed by atoms with Gasteiger partial charge in [0.15, 0.2) is 0 Å². The van der Waals surface area contributed by atoms with E-state index in [4.69, 9.17) is 9.84 Å². The van der Waals surface area contributed by atoms with Crippen molar-refractivity contribution >= 4 is 0 Å². The molecule has 1 atom stereocenters. The number of aliphatic hydroxyl groups is 1. The number of aliphatic hydroxyl groups excluding tert-OH is 1. The van der Waals surface area contributed by atoms with E-state index in [1.807, 2.05) is 31.3 Å². The summed E-state index contributed by atoms with van der Waals surface area (Å²) < 4.78 is 5.06. The predicted molar refractivity (Wildman–Crippen MR) is 56.6 cm³/mol. The van der Waals surface area contributed by atoms with Gasteiger partial charge in [0, 0.05) is 6.04 Å². The normalized spacial score (nSPS) is 12.5. The van der Waals surface area contributed by atoms with Gasteiger partial charge in [0.1, 0.15) is 5.75 Å². The second-order valence-electron chi connectivity index (χ2n) is 3.22. The molecule has 0 aliphatic rings. The number of likely N-dealkylation sites (N-methyl/N-ethyl adjacent to an activating group) is 1. The fraction of sp³-hybridized carbons (Fsp3) is 0.455. The van der Waals surface area contributed by atoms with E-state index < -0.39 is 0 Å². The number of hydrogen-bond acceptors (Lipinski definition) is 3. The first-order valence-corrected chi connectivity index (χ1v) is 4.71. The first-order chi connectivity index (χ1) is 6.80. The molecule has 0 spiro atoms. The van der Waals surface area contributed by atoms with Gasteiger partial charge in [-0.05, 0) is 31.2 Å². The summed E-state index contributed by atoms with van der Waals surface area (Å²) in [4.78, 5) is 0. The molecule has 0 aliphatic carbocycles. The number of benzene rings is 1. The lowest BCUT2D eigenvalue weighted by molar-refractivity contribution is 0.248. The van der Waals surface area contributed by atoms with E-state index in [9.17, 15) is 0 Å². The van der Waals surface area contributed by atoms with Crippen LogP contribution in [0.5, 0.6) is 5.75 Å². The number of ether oxygens (including phenoxy) is 1. The van der Waals surface area contributed by atoms with Crippen molar-refractivity contribution in [3.8, 4) is 5.75 Å². The molecule has 3 nitrogen and oxygen atoms in total. The van der Waals surface area contributed by atoms with Crippen molar-refractivity contribution in [2.45, 2.75) is 12.5 Å². The Morgan fingerprint density at radius 1 is 1.36 bits per heavy atom. The average molecular weight is 195 g/mol. The summed E-state index contributed by atoms with van der Waals surface area (Å²) in [6.07, 6.45) is 0.830. The molecular weight excluding hydrogens is 178 g/mol. The maximum Gasteiger partial charge on any atom is 0.118 e. The molecule has 78 valence electrons. The van der Waals surface area contributed by atoms with Crippen molar-refractivity contribution in [2.75, 3.05) is 20.8 Å². The van der Waals surface area contributed by atoms with Crippen LogP contribution < -0.4 is 10.1 Å². The zero-order valence-corrected chi connectivity index (χ0v) is 8.66. The summed E-state index contributed by atoms with van der Waals surface area (Å²) in [5.41, 5.74) is 1.19. The smallest absolute Gasteiger partial charge is 0.118 e. The van der Waals surface area contributed by atoms with Crippen molar-refractivity contribution in [3.05, 3.63) is 29.8 Å². The van der Waals surface area contributed by atoms with E-state index in [-0.39, 0.29) is 12.6 Å². The van der Waals surface area contributed by atoms with Crippen LogP contribution in [0.2, 0.25) is 0 Å². The van der Waals surface area contributed by atoms with Crippen molar-refractivity contribution in [3.63, 3.8) is 0 Å². The molecule has 1 aromatic carbocycles. The highest BCUT2D eigenvalue weighted by Crippen LogP contribution is 2.12. The fourth-order valence-electron chi connectivity index (χ4n) is 1.30. The van der Waals surface area contributed by atoms with Gasteiger partial charge in [-0.1, -0.05) is 12.1 Å². The average Bonchev–Trinajstić information content (AvgIpc) is 2.26. The molecule has 2 N–H and O–H groups in total. The summed E-state index contributed by atoms with van der Waals surface area (Å²) in [5, 5.41) is 12.0. The molecule has 1 rings (SSSR count). The molecule has 1 unspecified atom stereocenters. The van der Waals surface area contributed by atoms with E-state index in [2.05, 4.69) is 5.32 Å². The van der Waals surface area contributed by atoms with Gasteiger partial charge in [-0.25, -0.2) is 0 Å². The molecule has 0 heterocycles. The van der Waals surface area contributed by atoms with Gasteiger partial charge in [-0.2, -0.15) is 0 Å². The SMILES string of the molecule is CNC(CO)Cc1ccc(OC)cc1. The molecule has 0 saturated heterocycles. The molecule has 0 aromatic heterocycles. The van der Waals surface area contributed by atoms with Crippen LogP contribution in [0, 0.1) is 0 Å². The first-order valence-electron chi connectivity index (χ1n) is 4.71. The third kappa shape index (κ3) is 3.01. The Morgan fingerprint density at radius 2 is 2.00 bits per heavy atom. The van der Waals surface area contributed by atoms with E-state index >= 15 is 0 Å². The predicted octanol–water partition coefficient (Wildman–Crippen LogP) is 0.818. The second kappa shape index (κ2) is 5.62. The largest absolute Gasteiger partial charge is 0.497 e. The quantitative estimate of drug-likeness (QED) is 0.731. The van der Waals surface area contributed by atoms with Gasteiger partial charge >= 0.3 is 0 Å². The Hall–Kier alpha value is -1.06. The van der Waals surface area contributed by atoms with Crippen LogP contribution in [0.3, 0.4) is 0 Å². The third-order valence-corrected chi connectivity index (χ3v) is 2.27. The Kier molecular flexibility index (Phi) is 4.43. The Bertz CT molecular complexity index is 254. The summed E-state index contributed by atoms with van der Waals surface area (Å²) in [7, 11) is 3.50. The topological polar surface area (TPSA) is 41.5 Å². The minimum absolute atomic E-state index is 0.128. The first kappa shape index (κ1) is 11.0. The van der Waals surface area contributed by atoms with Crippen LogP contribution in [0.1, 0.15) is 5.56 Å². The highest BCUT2D eigenvalue weighted by atomic mass is 16.5. The highest BCUT2D eigenvalue weighted by molar-refractivity contribution is 5.27. The lowest BCUT2D eigenvalue weighted by Gasteiger charge is -2.12.